The molecule has 0 radical (unpaired) electrons. The first-order chi connectivity index (χ1) is 11.5. The zero-order valence-corrected chi connectivity index (χ0v) is 14.5. The highest BCUT2D eigenvalue weighted by Crippen LogP contribution is 2.40. The first-order valence-corrected chi connectivity index (χ1v) is 9.83. The number of rotatable bonds is 7. The highest BCUT2D eigenvalue weighted by atomic mass is 32.2. The van der Waals surface area contributed by atoms with Crippen LogP contribution >= 0.6 is 11.3 Å². The standard InChI is InChI=1S/C16H17N3O3S2/c1-2-8-17-24(21,22)13-5-3-4-12(9-13)15(20)19-16-18-14(10-23-16)11-6-7-11/h2-5,9-11,17H,1,6-8H2,(H,18,19,20). The number of amides is 1. The summed E-state index contributed by atoms with van der Waals surface area (Å²) >= 11 is 1.38. The fourth-order valence-electron chi connectivity index (χ4n) is 2.14. The van der Waals surface area contributed by atoms with Crippen molar-refractivity contribution in [2.45, 2.75) is 23.7 Å². The second kappa shape index (κ2) is 6.84. The van der Waals surface area contributed by atoms with E-state index < -0.39 is 10.0 Å². The Kier molecular flexibility index (Phi) is 4.79. The molecule has 2 N–H and O–H groups in total. The quantitative estimate of drug-likeness (QED) is 0.741. The Bertz CT molecular complexity index is 870. The molecule has 0 atom stereocenters. The first-order valence-electron chi connectivity index (χ1n) is 7.47. The lowest BCUT2D eigenvalue weighted by Gasteiger charge is -2.07. The number of nitrogens with zero attached hydrogens (tertiary/aromatic N) is 1. The normalized spacial score (nSPS) is 14.3. The summed E-state index contributed by atoms with van der Waals surface area (Å²) in [5, 5.41) is 5.20. The maximum Gasteiger partial charge on any atom is 0.257 e. The maximum atomic E-state index is 12.3. The van der Waals surface area contributed by atoms with Crippen LogP contribution < -0.4 is 10.0 Å². The Labute approximate surface area is 144 Å². The van der Waals surface area contributed by atoms with Gasteiger partial charge in [-0.3, -0.25) is 10.1 Å². The third kappa shape index (κ3) is 3.89. The molecule has 0 unspecified atom stereocenters. The van der Waals surface area contributed by atoms with E-state index in [1.165, 1.54) is 35.6 Å². The molecule has 8 heteroatoms. The van der Waals surface area contributed by atoms with Gasteiger partial charge in [0.05, 0.1) is 10.6 Å². The fourth-order valence-corrected chi connectivity index (χ4v) is 3.97. The van der Waals surface area contributed by atoms with Gasteiger partial charge in [0.1, 0.15) is 0 Å². The molecule has 1 aromatic heterocycles. The summed E-state index contributed by atoms with van der Waals surface area (Å²) in [6.45, 7) is 3.60. The van der Waals surface area contributed by atoms with E-state index in [0.717, 1.165) is 18.5 Å². The highest BCUT2D eigenvalue weighted by Gasteiger charge is 2.26. The molecule has 1 aliphatic rings. The number of carbonyl (C=O) groups is 1. The SMILES string of the molecule is C=CCNS(=O)(=O)c1cccc(C(=O)Nc2nc(C3CC3)cs2)c1. The van der Waals surface area contributed by atoms with Gasteiger partial charge in [0.25, 0.3) is 5.91 Å². The molecule has 6 nitrogen and oxygen atoms in total. The Morgan fingerprint density at radius 3 is 2.92 bits per heavy atom. The van der Waals surface area contributed by atoms with Crippen molar-refractivity contribution in [2.24, 2.45) is 0 Å². The van der Waals surface area contributed by atoms with E-state index in [-0.39, 0.29) is 22.9 Å². The molecule has 0 spiro atoms. The smallest absolute Gasteiger partial charge is 0.257 e. The molecular weight excluding hydrogens is 346 g/mol. The number of thiazole rings is 1. The number of benzene rings is 1. The molecule has 3 rings (SSSR count). The Morgan fingerprint density at radius 1 is 1.42 bits per heavy atom. The Morgan fingerprint density at radius 2 is 2.21 bits per heavy atom. The molecule has 0 saturated heterocycles. The molecule has 0 aliphatic heterocycles. The summed E-state index contributed by atoms with van der Waals surface area (Å²) in [4.78, 5) is 16.8. The van der Waals surface area contributed by atoms with Gasteiger partial charge in [0.2, 0.25) is 10.0 Å². The van der Waals surface area contributed by atoms with Gasteiger partial charge in [-0.15, -0.1) is 17.9 Å². The minimum absolute atomic E-state index is 0.0369. The van der Waals surface area contributed by atoms with Crippen molar-refractivity contribution in [3.8, 4) is 0 Å². The van der Waals surface area contributed by atoms with Crippen LogP contribution in [-0.2, 0) is 10.0 Å². The van der Waals surface area contributed by atoms with Gasteiger partial charge >= 0.3 is 0 Å². The van der Waals surface area contributed by atoms with Crippen LogP contribution in [0.5, 0.6) is 0 Å². The molecule has 1 fully saturated rings. The maximum absolute atomic E-state index is 12.3. The fraction of sp³-hybridized carbons (Fsp3) is 0.250. The van der Waals surface area contributed by atoms with Gasteiger partial charge in [-0.25, -0.2) is 18.1 Å². The van der Waals surface area contributed by atoms with Crippen LogP contribution in [0.3, 0.4) is 0 Å². The van der Waals surface area contributed by atoms with Crippen LogP contribution in [0.4, 0.5) is 5.13 Å². The number of carbonyl (C=O) groups excluding carboxylic acids is 1. The van der Waals surface area contributed by atoms with E-state index in [0.29, 0.717) is 11.0 Å². The van der Waals surface area contributed by atoms with Crippen LogP contribution in [0.25, 0.3) is 0 Å². The van der Waals surface area contributed by atoms with Crippen LogP contribution in [0, 0.1) is 0 Å². The van der Waals surface area contributed by atoms with Crippen LogP contribution in [0.1, 0.15) is 34.8 Å². The predicted molar refractivity (Wildman–Crippen MR) is 93.9 cm³/mol. The molecule has 126 valence electrons. The third-order valence-electron chi connectivity index (χ3n) is 3.56. The zero-order chi connectivity index (χ0) is 17.2. The Hall–Kier alpha value is -2.03. The zero-order valence-electron chi connectivity index (χ0n) is 12.9. The van der Waals surface area contributed by atoms with Crippen LogP contribution in [0.2, 0.25) is 0 Å². The Balaban J connectivity index is 1.74. The molecule has 2 aromatic rings. The summed E-state index contributed by atoms with van der Waals surface area (Å²) < 4.78 is 26.6. The summed E-state index contributed by atoms with van der Waals surface area (Å²) in [5.41, 5.74) is 1.28. The largest absolute Gasteiger partial charge is 0.298 e. The van der Waals surface area contributed by atoms with Gasteiger partial charge in [0, 0.05) is 23.4 Å². The van der Waals surface area contributed by atoms with Crippen molar-refractivity contribution < 1.29 is 13.2 Å². The van der Waals surface area contributed by atoms with E-state index in [4.69, 9.17) is 0 Å². The number of aromatic nitrogens is 1. The van der Waals surface area contributed by atoms with Crippen molar-refractivity contribution in [2.75, 3.05) is 11.9 Å². The van der Waals surface area contributed by atoms with E-state index >= 15 is 0 Å². The van der Waals surface area contributed by atoms with Crippen molar-refractivity contribution >= 4 is 32.4 Å². The number of nitrogens with one attached hydrogen (secondary N) is 2. The van der Waals surface area contributed by atoms with Crippen molar-refractivity contribution in [3.63, 3.8) is 0 Å². The summed E-state index contributed by atoms with van der Waals surface area (Å²) in [6.07, 6.45) is 3.75. The van der Waals surface area contributed by atoms with Crippen LogP contribution in [0.15, 0.2) is 47.2 Å². The number of sulfonamides is 1. The topological polar surface area (TPSA) is 88.2 Å². The van der Waals surface area contributed by atoms with E-state index in [2.05, 4.69) is 21.6 Å². The van der Waals surface area contributed by atoms with Gasteiger partial charge in [-0.2, -0.15) is 0 Å². The molecule has 1 aliphatic carbocycles. The van der Waals surface area contributed by atoms with Gasteiger partial charge in [-0.1, -0.05) is 12.1 Å². The molecule has 1 heterocycles. The lowest BCUT2D eigenvalue weighted by atomic mass is 10.2. The minimum atomic E-state index is -3.66. The minimum Gasteiger partial charge on any atom is -0.298 e. The summed E-state index contributed by atoms with van der Waals surface area (Å²) in [7, 11) is -3.66. The monoisotopic (exact) mass is 363 g/mol. The third-order valence-corrected chi connectivity index (χ3v) is 5.76. The van der Waals surface area contributed by atoms with Gasteiger partial charge < -0.3 is 0 Å². The second-order valence-corrected chi connectivity index (χ2v) is 8.10. The van der Waals surface area contributed by atoms with E-state index in [1.807, 2.05) is 5.38 Å². The summed E-state index contributed by atoms with van der Waals surface area (Å²) in [6, 6.07) is 5.89. The molecule has 1 aromatic carbocycles. The first kappa shape index (κ1) is 16.8. The number of hydrogen-bond donors (Lipinski definition) is 2. The number of hydrogen-bond acceptors (Lipinski definition) is 5. The molecular formula is C16H17N3O3S2. The van der Waals surface area contributed by atoms with Crippen molar-refractivity contribution in [1.82, 2.24) is 9.71 Å². The lowest BCUT2D eigenvalue weighted by Crippen LogP contribution is -2.24. The average molecular weight is 363 g/mol. The molecule has 1 saturated carbocycles. The lowest BCUT2D eigenvalue weighted by molar-refractivity contribution is 0.102. The van der Waals surface area contributed by atoms with Gasteiger partial charge in [0.15, 0.2) is 5.13 Å². The van der Waals surface area contributed by atoms with Gasteiger partial charge in [-0.05, 0) is 31.0 Å². The molecule has 1 amide bonds. The average Bonchev–Trinajstić information content (AvgIpc) is 3.33. The van der Waals surface area contributed by atoms with Crippen LogP contribution in [-0.4, -0.2) is 25.9 Å². The molecule has 0 bridgehead atoms. The predicted octanol–water partition coefficient (Wildman–Crippen LogP) is 2.74. The number of anilines is 1. The van der Waals surface area contributed by atoms with Crippen molar-refractivity contribution in [3.05, 3.63) is 53.6 Å². The van der Waals surface area contributed by atoms with E-state index in [1.54, 1.807) is 6.07 Å². The molecule has 24 heavy (non-hydrogen) atoms. The van der Waals surface area contributed by atoms with Crippen molar-refractivity contribution in [1.29, 1.82) is 0 Å². The second-order valence-electron chi connectivity index (χ2n) is 5.47. The van der Waals surface area contributed by atoms with E-state index in [9.17, 15) is 13.2 Å². The summed E-state index contributed by atoms with van der Waals surface area (Å²) in [5.74, 6) is 0.142. The highest BCUT2D eigenvalue weighted by molar-refractivity contribution is 7.89.